The number of phenols is 1. The van der Waals surface area contributed by atoms with Crippen molar-refractivity contribution >= 4 is 34.4 Å². The minimum Gasteiger partial charge on any atom is -0.508 e. The molecule has 0 amide bonds. The van der Waals surface area contributed by atoms with Crippen LogP contribution in [0.4, 0.5) is 0 Å². The first kappa shape index (κ1) is 16.0. The smallest absolute Gasteiger partial charge is 0.144 e. The molecule has 0 aliphatic carbocycles. The van der Waals surface area contributed by atoms with E-state index >= 15 is 0 Å². The molecule has 0 saturated heterocycles. The lowest BCUT2D eigenvalue weighted by Gasteiger charge is -2.04. The van der Waals surface area contributed by atoms with Gasteiger partial charge in [-0.3, -0.25) is 0 Å². The summed E-state index contributed by atoms with van der Waals surface area (Å²) >= 11 is 7.64. The SMILES string of the molecule is Cn1c(-c2ccc(O)cc2)cc2c(Sc3cccc(Cl)c3)ncnc21. The quantitative estimate of drug-likeness (QED) is 0.509. The number of benzene rings is 2. The van der Waals surface area contributed by atoms with Crippen LogP contribution in [0.25, 0.3) is 22.3 Å². The molecule has 0 unspecified atom stereocenters. The summed E-state index contributed by atoms with van der Waals surface area (Å²) in [6.45, 7) is 0. The molecule has 0 saturated carbocycles. The zero-order valence-electron chi connectivity index (χ0n) is 13.3. The Morgan fingerprint density at radius 3 is 2.60 bits per heavy atom. The first-order valence-corrected chi connectivity index (χ1v) is 8.84. The Morgan fingerprint density at radius 2 is 1.84 bits per heavy atom. The minimum absolute atomic E-state index is 0.250. The van der Waals surface area contributed by atoms with E-state index in [-0.39, 0.29) is 5.75 Å². The van der Waals surface area contributed by atoms with Crippen molar-refractivity contribution in [3.63, 3.8) is 0 Å². The average Bonchev–Trinajstić information content (AvgIpc) is 2.94. The van der Waals surface area contributed by atoms with E-state index in [0.717, 1.165) is 32.2 Å². The number of hydrogen-bond acceptors (Lipinski definition) is 4. The Morgan fingerprint density at radius 1 is 1.04 bits per heavy atom. The van der Waals surface area contributed by atoms with E-state index in [2.05, 4.69) is 16.0 Å². The number of aryl methyl sites for hydroxylation is 1. The second-order valence-corrected chi connectivity index (χ2v) is 7.11. The fourth-order valence-electron chi connectivity index (χ4n) is 2.74. The standard InChI is InChI=1S/C19H14ClN3OS/c1-23-17(12-5-7-14(24)8-6-12)10-16-18(23)21-11-22-19(16)25-15-4-2-3-13(20)9-15/h2-11,24H,1H3. The van der Waals surface area contributed by atoms with Crippen LogP contribution in [-0.4, -0.2) is 19.6 Å². The molecule has 4 rings (SSSR count). The van der Waals surface area contributed by atoms with Crippen LogP contribution in [0.15, 0.2) is 70.8 Å². The number of aromatic hydroxyl groups is 1. The topological polar surface area (TPSA) is 50.9 Å². The van der Waals surface area contributed by atoms with Crippen molar-refractivity contribution in [1.82, 2.24) is 14.5 Å². The molecular weight excluding hydrogens is 354 g/mol. The van der Waals surface area contributed by atoms with Crippen molar-refractivity contribution in [2.45, 2.75) is 9.92 Å². The Balaban J connectivity index is 1.82. The minimum atomic E-state index is 0.250. The van der Waals surface area contributed by atoms with Gasteiger partial charge in [-0.25, -0.2) is 9.97 Å². The second kappa shape index (κ2) is 6.43. The summed E-state index contributed by atoms with van der Waals surface area (Å²) in [5, 5.41) is 12.1. The highest BCUT2D eigenvalue weighted by Crippen LogP contribution is 2.35. The number of aromatic nitrogens is 3. The lowest BCUT2D eigenvalue weighted by atomic mass is 10.1. The third kappa shape index (κ3) is 3.08. The Kier molecular flexibility index (Phi) is 4.11. The summed E-state index contributed by atoms with van der Waals surface area (Å²) in [5.41, 5.74) is 2.89. The van der Waals surface area contributed by atoms with Gasteiger partial charge in [0.2, 0.25) is 0 Å². The normalized spacial score (nSPS) is 11.1. The first-order chi connectivity index (χ1) is 12.1. The van der Waals surface area contributed by atoms with Gasteiger partial charge in [0.1, 0.15) is 22.7 Å². The van der Waals surface area contributed by atoms with Crippen LogP contribution in [-0.2, 0) is 7.05 Å². The van der Waals surface area contributed by atoms with Gasteiger partial charge in [-0.2, -0.15) is 0 Å². The van der Waals surface area contributed by atoms with Gasteiger partial charge in [0, 0.05) is 17.0 Å². The maximum atomic E-state index is 9.50. The molecular formula is C19H14ClN3OS. The van der Waals surface area contributed by atoms with Gasteiger partial charge in [0.15, 0.2) is 0 Å². The largest absolute Gasteiger partial charge is 0.508 e. The van der Waals surface area contributed by atoms with E-state index in [9.17, 15) is 5.11 Å². The average molecular weight is 368 g/mol. The molecule has 2 heterocycles. The molecule has 0 aliphatic heterocycles. The third-order valence-electron chi connectivity index (χ3n) is 3.96. The summed E-state index contributed by atoms with van der Waals surface area (Å²) in [6.07, 6.45) is 1.58. The maximum absolute atomic E-state index is 9.50. The van der Waals surface area contributed by atoms with Crippen molar-refractivity contribution < 1.29 is 5.11 Å². The van der Waals surface area contributed by atoms with E-state index in [0.29, 0.717) is 5.02 Å². The van der Waals surface area contributed by atoms with Gasteiger partial charge in [0.05, 0.1) is 11.1 Å². The van der Waals surface area contributed by atoms with Gasteiger partial charge in [-0.05, 0) is 54.1 Å². The third-order valence-corrected chi connectivity index (χ3v) is 5.20. The molecule has 4 aromatic rings. The lowest BCUT2D eigenvalue weighted by molar-refractivity contribution is 0.475. The highest BCUT2D eigenvalue weighted by Gasteiger charge is 2.14. The van der Waals surface area contributed by atoms with Crippen LogP contribution < -0.4 is 0 Å². The van der Waals surface area contributed by atoms with Gasteiger partial charge >= 0.3 is 0 Å². The van der Waals surface area contributed by atoms with E-state index in [1.54, 1.807) is 30.2 Å². The molecule has 25 heavy (non-hydrogen) atoms. The Hall–Kier alpha value is -2.50. The summed E-state index contributed by atoms with van der Waals surface area (Å²) in [6, 6.07) is 16.9. The molecule has 2 aromatic heterocycles. The number of fused-ring (bicyclic) bond motifs is 1. The fourth-order valence-corrected chi connectivity index (χ4v) is 3.92. The van der Waals surface area contributed by atoms with Gasteiger partial charge in [-0.1, -0.05) is 29.4 Å². The Bertz CT molecular complexity index is 1060. The molecule has 0 fully saturated rings. The predicted molar refractivity (Wildman–Crippen MR) is 101 cm³/mol. The second-order valence-electron chi connectivity index (χ2n) is 5.61. The van der Waals surface area contributed by atoms with Crippen LogP contribution in [0.1, 0.15) is 0 Å². The number of nitrogens with zero attached hydrogens (tertiary/aromatic N) is 3. The van der Waals surface area contributed by atoms with Gasteiger partial charge in [-0.15, -0.1) is 0 Å². The summed E-state index contributed by atoms with van der Waals surface area (Å²) in [7, 11) is 1.98. The monoisotopic (exact) mass is 367 g/mol. The van der Waals surface area contributed by atoms with E-state index < -0.39 is 0 Å². The maximum Gasteiger partial charge on any atom is 0.144 e. The molecule has 2 aromatic carbocycles. The molecule has 0 spiro atoms. The van der Waals surface area contributed by atoms with E-state index in [1.807, 2.05) is 48.0 Å². The van der Waals surface area contributed by atoms with Gasteiger partial charge < -0.3 is 9.67 Å². The highest BCUT2D eigenvalue weighted by atomic mass is 35.5. The molecule has 0 atom stereocenters. The molecule has 0 radical (unpaired) electrons. The zero-order chi connectivity index (χ0) is 17.4. The van der Waals surface area contributed by atoms with Gasteiger partial charge in [0.25, 0.3) is 0 Å². The predicted octanol–water partition coefficient (Wildman–Crippen LogP) is 5.15. The summed E-state index contributed by atoms with van der Waals surface area (Å²) < 4.78 is 2.03. The van der Waals surface area contributed by atoms with Crippen molar-refractivity contribution in [2.24, 2.45) is 7.05 Å². The van der Waals surface area contributed by atoms with Crippen LogP contribution in [0.3, 0.4) is 0 Å². The molecule has 124 valence electrons. The number of halogens is 1. The molecule has 6 heteroatoms. The van der Waals surface area contributed by atoms with E-state index in [1.165, 1.54) is 0 Å². The Labute approximate surface area is 154 Å². The van der Waals surface area contributed by atoms with Crippen LogP contribution in [0, 0.1) is 0 Å². The number of rotatable bonds is 3. The highest BCUT2D eigenvalue weighted by molar-refractivity contribution is 7.99. The first-order valence-electron chi connectivity index (χ1n) is 7.65. The zero-order valence-corrected chi connectivity index (χ0v) is 14.9. The summed E-state index contributed by atoms with van der Waals surface area (Å²) in [5.74, 6) is 0.250. The van der Waals surface area contributed by atoms with Crippen molar-refractivity contribution in [3.05, 3.63) is 65.9 Å². The summed E-state index contributed by atoms with van der Waals surface area (Å²) in [4.78, 5) is 9.91. The van der Waals surface area contributed by atoms with Crippen molar-refractivity contribution in [3.8, 4) is 17.0 Å². The van der Waals surface area contributed by atoms with E-state index in [4.69, 9.17) is 11.6 Å². The van der Waals surface area contributed by atoms with Crippen molar-refractivity contribution in [2.75, 3.05) is 0 Å². The molecule has 1 N–H and O–H groups in total. The molecule has 0 bridgehead atoms. The van der Waals surface area contributed by atoms with Crippen LogP contribution in [0.2, 0.25) is 5.02 Å². The van der Waals surface area contributed by atoms with Crippen LogP contribution >= 0.6 is 23.4 Å². The number of phenolic OH excluding ortho intramolecular Hbond substituents is 1. The van der Waals surface area contributed by atoms with Crippen molar-refractivity contribution in [1.29, 1.82) is 0 Å². The fraction of sp³-hybridized carbons (Fsp3) is 0.0526. The number of hydrogen-bond donors (Lipinski definition) is 1. The van der Waals surface area contributed by atoms with Crippen LogP contribution in [0.5, 0.6) is 5.75 Å². The lowest BCUT2D eigenvalue weighted by Crippen LogP contribution is -1.93. The molecule has 0 aliphatic rings. The molecule has 4 nitrogen and oxygen atoms in total.